The fourth-order valence-electron chi connectivity index (χ4n) is 3.64. The number of anilines is 2. The molecule has 1 spiro atoms. The summed E-state index contributed by atoms with van der Waals surface area (Å²) in [6.45, 7) is 0. The van der Waals surface area contributed by atoms with Crippen LogP contribution >= 0.6 is 35.1 Å². The van der Waals surface area contributed by atoms with E-state index in [-0.39, 0.29) is 11.0 Å². The van der Waals surface area contributed by atoms with Crippen LogP contribution in [0.1, 0.15) is 5.56 Å². The van der Waals surface area contributed by atoms with E-state index in [9.17, 15) is 9.59 Å². The van der Waals surface area contributed by atoms with Crippen LogP contribution in [0.15, 0.2) is 94.9 Å². The molecule has 0 saturated carbocycles. The Morgan fingerprint density at radius 1 is 0.941 bits per heavy atom. The zero-order valence-corrected chi connectivity index (χ0v) is 20.3. The molecule has 2 heterocycles. The first-order chi connectivity index (χ1) is 16.5. The van der Waals surface area contributed by atoms with Crippen LogP contribution in [0.2, 0.25) is 5.02 Å². The van der Waals surface area contributed by atoms with Crippen LogP contribution in [-0.2, 0) is 14.3 Å². The van der Waals surface area contributed by atoms with Crippen molar-refractivity contribution in [3.63, 3.8) is 0 Å². The predicted octanol–water partition coefficient (Wildman–Crippen LogP) is 5.81. The third kappa shape index (κ3) is 3.98. The Hall–Kier alpha value is -3.20. The summed E-state index contributed by atoms with van der Waals surface area (Å²) in [5, 5.41) is 7.00. The summed E-state index contributed by atoms with van der Waals surface area (Å²) >= 11 is 8.63. The van der Waals surface area contributed by atoms with Gasteiger partial charge in [-0.2, -0.15) is 5.10 Å². The number of halogens is 1. The number of amides is 1. The molecule has 1 atom stereocenters. The summed E-state index contributed by atoms with van der Waals surface area (Å²) in [4.78, 5) is 28.6. The molecule has 6 nitrogen and oxygen atoms in total. The van der Waals surface area contributed by atoms with E-state index in [2.05, 4.69) is 5.10 Å². The summed E-state index contributed by atoms with van der Waals surface area (Å²) in [5.74, 6) is -0.754. The van der Waals surface area contributed by atoms with Gasteiger partial charge in [-0.3, -0.25) is 9.69 Å². The molecule has 0 N–H and O–H groups in total. The van der Waals surface area contributed by atoms with Crippen molar-refractivity contribution in [1.29, 1.82) is 0 Å². The van der Waals surface area contributed by atoms with Gasteiger partial charge in [0.05, 0.1) is 17.7 Å². The molecule has 34 heavy (non-hydrogen) atoms. The normalized spacial score (nSPS) is 20.8. The summed E-state index contributed by atoms with van der Waals surface area (Å²) in [6, 6.07) is 26.1. The summed E-state index contributed by atoms with van der Waals surface area (Å²) in [5.41, 5.74) is 2.26. The average Bonchev–Trinajstić information content (AvgIpc) is 3.37. The first kappa shape index (κ1) is 22.6. The van der Waals surface area contributed by atoms with Crippen molar-refractivity contribution in [2.24, 2.45) is 5.10 Å². The van der Waals surface area contributed by atoms with Gasteiger partial charge in [-0.15, -0.1) is 0 Å². The van der Waals surface area contributed by atoms with Crippen LogP contribution in [0, 0.1) is 0 Å². The minimum Gasteiger partial charge on any atom is -0.464 e. The fraction of sp³-hybridized carbons (Fsp3) is 0.0800. The minimum atomic E-state index is -1.11. The van der Waals surface area contributed by atoms with Crippen molar-refractivity contribution in [3.05, 3.63) is 100 Å². The first-order valence-corrected chi connectivity index (χ1v) is 12.3. The van der Waals surface area contributed by atoms with Crippen molar-refractivity contribution in [2.45, 2.75) is 4.33 Å². The molecule has 1 saturated heterocycles. The van der Waals surface area contributed by atoms with E-state index in [1.165, 1.54) is 30.6 Å². The molecule has 5 rings (SSSR count). The fourth-order valence-corrected chi connectivity index (χ4v) is 6.67. The average molecular weight is 508 g/mol. The third-order valence-corrected chi connectivity index (χ3v) is 8.12. The summed E-state index contributed by atoms with van der Waals surface area (Å²) in [7, 11) is 1.31. The second kappa shape index (κ2) is 9.21. The number of hydrogen-bond donors (Lipinski definition) is 0. The van der Waals surface area contributed by atoms with Crippen LogP contribution in [0.25, 0.3) is 6.08 Å². The van der Waals surface area contributed by atoms with Crippen LogP contribution in [0.4, 0.5) is 11.4 Å². The van der Waals surface area contributed by atoms with Crippen molar-refractivity contribution < 1.29 is 14.3 Å². The molecular weight excluding hydrogens is 490 g/mol. The number of carbonyl (C=O) groups is 2. The molecule has 1 fully saturated rings. The number of benzene rings is 3. The summed E-state index contributed by atoms with van der Waals surface area (Å²) < 4.78 is 3.85. The molecule has 170 valence electrons. The van der Waals surface area contributed by atoms with E-state index >= 15 is 0 Å². The van der Waals surface area contributed by atoms with Crippen LogP contribution in [-0.4, -0.2) is 28.4 Å². The molecule has 0 radical (unpaired) electrons. The van der Waals surface area contributed by atoms with Gasteiger partial charge in [-0.05, 0) is 59.8 Å². The molecule has 2 aliphatic rings. The van der Waals surface area contributed by atoms with Crippen LogP contribution in [0.3, 0.4) is 0 Å². The molecule has 1 amide bonds. The maximum Gasteiger partial charge on any atom is 0.365 e. The number of thioether (sulfide) groups is 2. The van der Waals surface area contributed by atoms with Gasteiger partial charge in [0.25, 0.3) is 5.91 Å². The Morgan fingerprint density at radius 3 is 2.24 bits per heavy atom. The van der Waals surface area contributed by atoms with Gasteiger partial charge >= 0.3 is 5.97 Å². The number of hydrogen-bond acceptors (Lipinski definition) is 7. The number of esters is 1. The standard InChI is InChI=1S/C25H18ClN3O3S2/c1-32-24(31)22-27-29(20-14-12-18(26)13-15-20)25(34-22)28(19-10-6-3-7-11-19)23(30)21(33-25)16-17-8-4-2-5-9-17/h2-16H,1H3/b21-16-/t25-/m1/s1. The predicted molar refractivity (Wildman–Crippen MR) is 140 cm³/mol. The number of hydrazone groups is 1. The SMILES string of the molecule is COC(=O)C1=NN(c2ccc(Cl)cc2)[C@@]2(S1)S/C(=C\c1ccccc1)C(=O)N2c1ccccc1. The highest BCUT2D eigenvalue weighted by Crippen LogP contribution is 2.59. The Balaban J connectivity index is 1.69. The molecule has 0 aliphatic carbocycles. The second-order valence-electron chi connectivity index (χ2n) is 7.33. The number of rotatable bonds is 4. The van der Waals surface area contributed by atoms with E-state index in [0.717, 1.165) is 5.56 Å². The van der Waals surface area contributed by atoms with E-state index in [4.69, 9.17) is 16.3 Å². The Morgan fingerprint density at radius 2 is 1.59 bits per heavy atom. The van der Waals surface area contributed by atoms with Gasteiger partial charge in [-0.1, -0.05) is 71.9 Å². The number of carbonyl (C=O) groups excluding carboxylic acids is 2. The van der Waals surface area contributed by atoms with E-state index < -0.39 is 10.3 Å². The molecule has 9 heteroatoms. The lowest BCUT2D eigenvalue weighted by molar-refractivity contribution is -0.132. The molecule has 0 unspecified atom stereocenters. The van der Waals surface area contributed by atoms with E-state index in [1.807, 2.05) is 78.9 Å². The largest absolute Gasteiger partial charge is 0.464 e. The van der Waals surface area contributed by atoms with Gasteiger partial charge in [0, 0.05) is 10.7 Å². The highest BCUT2D eigenvalue weighted by molar-refractivity contribution is 8.29. The number of nitrogens with zero attached hydrogens (tertiary/aromatic N) is 3. The molecule has 3 aromatic rings. The van der Waals surface area contributed by atoms with Crippen molar-refractivity contribution >= 4 is 69.5 Å². The third-order valence-electron chi connectivity index (χ3n) is 5.17. The smallest absolute Gasteiger partial charge is 0.365 e. The summed E-state index contributed by atoms with van der Waals surface area (Å²) in [6.07, 6.45) is 1.86. The van der Waals surface area contributed by atoms with Gasteiger partial charge in [0.2, 0.25) is 9.37 Å². The number of para-hydroxylation sites is 1. The van der Waals surface area contributed by atoms with Crippen molar-refractivity contribution in [2.75, 3.05) is 17.0 Å². The molecule has 0 bridgehead atoms. The zero-order valence-electron chi connectivity index (χ0n) is 17.9. The van der Waals surface area contributed by atoms with Crippen molar-refractivity contribution in [1.82, 2.24) is 0 Å². The molecule has 2 aliphatic heterocycles. The lowest BCUT2D eigenvalue weighted by Gasteiger charge is -2.38. The number of ether oxygens (including phenoxy) is 1. The Labute approximate surface area is 210 Å². The van der Waals surface area contributed by atoms with E-state index in [0.29, 0.717) is 21.3 Å². The van der Waals surface area contributed by atoms with Gasteiger partial charge in [-0.25, -0.2) is 9.80 Å². The quantitative estimate of drug-likeness (QED) is 0.328. The van der Waals surface area contributed by atoms with Gasteiger partial charge in [0.1, 0.15) is 0 Å². The number of methoxy groups -OCH3 is 1. The molecule has 0 aromatic heterocycles. The molecule has 3 aromatic carbocycles. The lowest BCUT2D eigenvalue weighted by Crippen LogP contribution is -2.51. The Kier molecular flexibility index (Phi) is 6.12. The molecular formula is C25H18ClN3O3S2. The second-order valence-corrected chi connectivity index (χ2v) is 10.4. The topological polar surface area (TPSA) is 62.2 Å². The first-order valence-electron chi connectivity index (χ1n) is 10.3. The maximum atomic E-state index is 13.9. The van der Waals surface area contributed by atoms with Gasteiger partial charge < -0.3 is 4.74 Å². The zero-order chi connectivity index (χ0) is 23.7. The van der Waals surface area contributed by atoms with E-state index in [1.54, 1.807) is 22.0 Å². The monoisotopic (exact) mass is 507 g/mol. The minimum absolute atomic E-state index is 0.152. The van der Waals surface area contributed by atoms with Gasteiger partial charge in [0.15, 0.2) is 0 Å². The Bertz CT molecular complexity index is 1300. The van der Waals surface area contributed by atoms with Crippen LogP contribution < -0.4 is 9.91 Å². The highest BCUT2D eigenvalue weighted by Gasteiger charge is 2.60. The lowest BCUT2D eigenvalue weighted by atomic mass is 10.2. The maximum absolute atomic E-state index is 13.9. The van der Waals surface area contributed by atoms with Crippen molar-refractivity contribution in [3.8, 4) is 0 Å². The van der Waals surface area contributed by atoms with Crippen LogP contribution in [0.5, 0.6) is 0 Å². The highest BCUT2D eigenvalue weighted by atomic mass is 35.5.